The minimum absolute atomic E-state index is 0.262. The van der Waals surface area contributed by atoms with Crippen LogP contribution in [0, 0.1) is 0 Å². The molecule has 0 aliphatic rings. The first-order valence-electron chi connectivity index (χ1n) is 6.98. The Morgan fingerprint density at radius 3 is 2.65 bits per heavy atom. The average Bonchev–Trinajstić information content (AvgIpc) is 2.95. The van der Waals surface area contributed by atoms with Crippen molar-refractivity contribution in [3.05, 3.63) is 53.1 Å². The molecule has 1 heterocycles. The first kappa shape index (κ1) is 15.8. The number of halogens is 1. The van der Waals surface area contributed by atoms with Gasteiger partial charge in [0.15, 0.2) is 0 Å². The highest BCUT2D eigenvalue weighted by atomic mass is 35.5. The predicted octanol–water partition coefficient (Wildman–Crippen LogP) is 5.02. The van der Waals surface area contributed by atoms with Gasteiger partial charge in [0, 0.05) is 5.02 Å². The molecule has 0 amide bonds. The number of esters is 1. The molecule has 0 N–H and O–H groups in total. The van der Waals surface area contributed by atoms with Crippen molar-refractivity contribution < 1.29 is 14.3 Å². The van der Waals surface area contributed by atoms with Gasteiger partial charge in [-0.2, -0.15) is 0 Å². The first-order chi connectivity index (χ1) is 11.1. The van der Waals surface area contributed by atoms with Gasteiger partial charge < -0.3 is 9.47 Å². The normalized spacial score (nSPS) is 12.1. The van der Waals surface area contributed by atoms with E-state index in [1.807, 2.05) is 36.4 Å². The third-order valence-electron chi connectivity index (χ3n) is 3.47. The van der Waals surface area contributed by atoms with Gasteiger partial charge in [0.25, 0.3) is 5.19 Å². The van der Waals surface area contributed by atoms with Crippen molar-refractivity contribution in [3.63, 3.8) is 0 Å². The second-order valence-electron chi connectivity index (χ2n) is 5.01. The van der Waals surface area contributed by atoms with E-state index in [4.69, 9.17) is 21.1 Å². The molecule has 3 aromatic rings. The molecular weight excluding hydrogens is 334 g/mol. The molecule has 0 saturated carbocycles. The van der Waals surface area contributed by atoms with Gasteiger partial charge in [-0.25, -0.2) is 4.98 Å². The Labute approximate surface area is 142 Å². The largest absolute Gasteiger partial charge is 0.469 e. The van der Waals surface area contributed by atoms with Crippen LogP contribution in [-0.2, 0) is 9.53 Å². The lowest BCUT2D eigenvalue weighted by atomic mass is 10.0. The molecule has 1 atom stereocenters. The zero-order chi connectivity index (χ0) is 16.4. The summed E-state index contributed by atoms with van der Waals surface area (Å²) in [5.41, 5.74) is 1.73. The summed E-state index contributed by atoms with van der Waals surface area (Å²) in [6.07, 6.45) is 0. The maximum Gasteiger partial charge on any atom is 0.312 e. The molecule has 3 rings (SSSR count). The number of aromatic nitrogens is 1. The Bertz CT molecular complexity index is 845. The quantitative estimate of drug-likeness (QED) is 0.622. The summed E-state index contributed by atoms with van der Waals surface area (Å²) in [5, 5.41) is 1.23. The number of nitrogens with zero attached hydrogens (tertiary/aromatic N) is 1. The smallest absolute Gasteiger partial charge is 0.312 e. The molecule has 4 nitrogen and oxygen atoms in total. The Morgan fingerprint density at radius 1 is 1.22 bits per heavy atom. The molecule has 0 fully saturated rings. The molecule has 0 aliphatic heterocycles. The van der Waals surface area contributed by atoms with Crippen molar-refractivity contribution in [1.29, 1.82) is 0 Å². The SMILES string of the molecule is COC(=O)C(C)c1ccc(Oc2nc3ccc(Cl)cc3s2)cc1. The van der Waals surface area contributed by atoms with Gasteiger partial charge in [-0.15, -0.1) is 0 Å². The topological polar surface area (TPSA) is 48.4 Å². The molecule has 0 aliphatic carbocycles. The third kappa shape index (κ3) is 3.46. The van der Waals surface area contributed by atoms with E-state index in [-0.39, 0.29) is 11.9 Å². The molecule has 0 saturated heterocycles. The van der Waals surface area contributed by atoms with Crippen LogP contribution < -0.4 is 4.74 Å². The van der Waals surface area contributed by atoms with Crippen LogP contribution in [-0.4, -0.2) is 18.1 Å². The highest BCUT2D eigenvalue weighted by Crippen LogP contribution is 2.33. The lowest BCUT2D eigenvalue weighted by Crippen LogP contribution is -2.10. The first-order valence-corrected chi connectivity index (χ1v) is 8.18. The Hall–Kier alpha value is -2.11. The monoisotopic (exact) mass is 347 g/mol. The molecule has 0 spiro atoms. The molecule has 0 bridgehead atoms. The fraction of sp³-hybridized carbons (Fsp3) is 0.176. The van der Waals surface area contributed by atoms with Crippen LogP contribution in [0.15, 0.2) is 42.5 Å². The summed E-state index contributed by atoms with van der Waals surface area (Å²) in [4.78, 5) is 16.0. The van der Waals surface area contributed by atoms with Crippen LogP contribution in [0.4, 0.5) is 0 Å². The van der Waals surface area contributed by atoms with E-state index in [2.05, 4.69) is 4.98 Å². The molecular formula is C17H14ClNO3S. The molecule has 6 heteroatoms. The lowest BCUT2D eigenvalue weighted by Gasteiger charge is -2.10. The number of hydrogen-bond acceptors (Lipinski definition) is 5. The van der Waals surface area contributed by atoms with Crippen molar-refractivity contribution in [2.75, 3.05) is 7.11 Å². The van der Waals surface area contributed by atoms with Crippen molar-refractivity contribution in [2.45, 2.75) is 12.8 Å². The highest BCUT2D eigenvalue weighted by molar-refractivity contribution is 7.20. The zero-order valence-electron chi connectivity index (χ0n) is 12.6. The number of fused-ring (bicyclic) bond motifs is 1. The van der Waals surface area contributed by atoms with Crippen LogP contribution in [0.2, 0.25) is 5.02 Å². The second-order valence-corrected chi connectivity index (χ2v) is 6.44. The number of benzene rings is 2. The Kier molecular flexibility index (Phi) is 4.50. The maximum atomic E-state index is 11.5. The average molecular weight is 348 g/mol. The maximum absolute atomic E-state index is 11.5. The summed E-state index contributed by atoms with van der Waals surface area (Å²) in [5.74, 6) is 0.0938. The number of carbonyl (C=O) groups is 1. The van der Waals surface area contributed by atoms with Gasteiger partial charge in [-0.05, 0) is 42.8 Å². The number of thiazole rings is 1. The van der Waals surface area contributed by atoms with Crippen LogP contribution in [0.3, 0.4) is 0 Å². The van der Waals surface area contributed by atoms with E-state index < -0.39 is 0 Å². The zero-order valence-corrected chi connectivity index (χ0v) is 14.1. The van der Waals surface area contributed by atoms with Crippen molar-refractivity contribution in [2.24, 2.45) is 0 Å². The summed E-state index contributed by atoms with van der Waals surface area (Å²) in [6, 6.07) is 12.9. The lowest BCUT2D eigenvalue weighted by molar-refractivity contribution is -0.141. The minimum Gasteiger partial charge on any atom is -0.469 e. The van der Waals surface area contributed by atoms with E-state index in [0.717, 1.165) is 15.8 Å². The van der Waals surface area contributed by atoms with Crippen LogP contribution in [0.25, 0.3) is 10.2 Å². The number of hydrogen-bond donors (Lipinski definition) is 0. The van der Waals surface area contributed by atoms with Crippen LogP contribution in [0.1, 0.15) is 18.4 Å². The minimum atomic E-state index is -0.307. The molecule has 2 aromatic carbocycles. The predicted molar refractivity (Wildman–Crippen MR) is 91.6 cm³/mol. The van der Waals surface area contributed by atoms with Crippen molar-refractivity contribution >= 4 is 39.1 Å². The summed E-state index contributed by atoms with van der Waals surface area (Å²) in [7, 11) is 1.38. The highest BCUT2D eigenvalue weighted by Gasteiger charge is 2.15. The molecule has 23 heavy (non-hydrogen) atoms. The fourth-order valence-corrected chi connectivity index (χ4v) is 3.27. The molecule has 0 radical (unpaired) electrons. The number of ether oxygens (including phenoxy) is 2. The standard InChI is InChI=1S/C17H14ClNO3S/c1-10(16(20)21-2)11-3-6-13(7-4-11)22-17-19-14-8-5-12(18)9-15(14)23-17/h3-10H,1-2H3. The second kappa shape index (κ2) is 6.56. The fourth-order valence-electron chi connectivity index (χ4n) is 2.16. The van der Waals surface area contributed by atoms with Crippen LogP contribution in [0.5, 0.6) is 10.9 Å². The van der Waals surface area contributed by atoms with E-state index in [1.165, 1.54) is 18.4 Å². The van der Waals surface area contributed by atoms with Gasteiger partial charge in [0.05, 0.1) is 23.2 Å². The number of carbonyl (C=O) groups excluding carboxylic acids is 1. The van der Waals surface area contributed by atoms with Gasteiger partial charge in [0.1, 0.15) is 5.75 Å². The van der Waals surface area contributed by atoms with Gasteiger partial charge in [0.2, 0.25) is 0 Å². The van der Waals surface area contributed by atoms with E-state index in [9.17, 15) is 4.79 Å². The van der Waals surface area contributed by atoms with Crippen molar-refractivity contribution in [1.82, 2.24) is 4.98 Å². The summed E-state index contributed by atoms with van der Waals surface area (Å²) < 4.78 is 11.5. The molecule has 1 unspecified atom stereocenters. The Morgan fingerprint density at radius 2 is 1.96 bits per heavy atom. The third-order valence-corrected chi connectivity index (χ3v) is 4.60. The van der Waals surface area contributed by atoms with Crippen molar-refractivity contribution in [3.8, 4) is 10.9 Å². The van der Waals surface area contributed by atoms with E-state index >= 15 is 0 Å². The summed E-state index contributed by atoms with van der Waals surface area (Å²) in [6.45, 7) is 1.80. The van der Waals surface area contributed by atoms with Gasteiger partial charge >= 0.3 is 5.97 Å². The van der Waals surface area contributed by atoms with E-state index in [0.29, 0.717) is 16.0 Å². The number of methoxy groups -OCH3 is 1. The summed E-state index contributed by atoms with van der Waals surface area (Å²) >= 11 is 7.41. The number of rotatable bonds is 4. The van der Waals surface area contributed by atoms with E-state index in [1.54, 1.807) is 13.0 Å². The molecule has 118 valence electrons. The Balaban J connectivity index is 1.78. The van der Waals surface area contributed by atoms with Crippen LogP contribution >= 0.6 is 22.9 Å². The van der Waals surface area contributed by atoms with Gasteiger partial charge in [-0.3, -0.25) is 4.79 Å². The van der Waals surface area contributed by atoms with Gasteiger partial charge in [-0.1, -0.05) is 35.1 Å². The molecule has 1 aromatic heterocycles.